The van der Waals surface area contributed by atoms with Crippen molar-refractivity contribution in [2.75, 3.05) is 7.11 Å². The molecule has 0 atom stereocenters. The van der Waals surface area contributed by atoms with E-state index >= 15 is 0 Å². The minimum absolute atomic E-state index is 0.299. The highest BCUT2D eigenvalue weighted by atomic mass is 16.5. The van der Waals surface area contributed by atoms with Crippen molar-refractivity contribution in [1.29, 1.82) is 0 Å². The first-order valence-electron chi connectivity index (χ1n) is 5.87. The molecule has 18 heavy (non-hydrogen) atoms. The van der Waals surface area contributed by atoms with E-state index in [1.54, 1.807) is 0 Å². The molecule has 0 amide bonds. The SMILES string of the molecule is COC(=O)c1cc(C)cc(-c2ccc(C)cc2)c1. The molecule has 0 spiro atoms. The number of methoxy groups -OCH3 is 1. The summed E-state index contributed by atoms with van der Waals surface area (Å²) in [4.78, 5) is 11.6. The van der Waals surface area contributed by atoms with Crippen molar-refractivity contribution in [3.63, 3.8) is 0 Å². The summed E-state index contributed by atoms with van der Waals surface area (Å²) in [5, 5.41) is 0. The van der Waals surface area contributed by atoms with Crippen molar-refractivity contribution < 1.29 is 9.53 Å². The minimum atomic E-state index is -0.299. The van der Waals surface area contributed by atoms with E-state index < -0.39 is 0 Å². The standard InChI is InChI=1S/C16H16O2/c1-11-4-6-13(7-5-11)14-8-12(2)9-15(10-14)16(17)18-3/h4-10H,1-3H3. The number of ether oxygens (including phenoxy) is 1. The van der Waals surface area contributed by atoms with Crippen LogP contribution in [0.4, 0.5) is 0 Å². The van der Waals surface area contributed by atoms with Gasteiger partial charge in [0.25, 0.3) is 0 Å². The molecular formula is C16H16O2. The lowest BCUT2D eigenvalue weighted by Crippen LogP contribution is -2.01. The molecule has 2 heteroatoms. The number of rotatable bonds is 2. The van der Waals surface area contributed by atoms with Crippen molar-refractivity contribution >= 4 is 5.97 Å². The number of hydrogen-bond donors (Lipinski definition) is 0. The third kappa shape index (κ3) is 2.59. The molecule has 0 unspecified atom stereocenters. The normalized spacial score (nSPS) is 10.2. The van der Waals surface area contributed by atoms with Gasteiger partial charge >= 0.3 is 5.97 Å². The fourth-order valence-corrected chi connectivity index (χ4v) is 1.93. The Balaban J connectivity index is 2.48. The van der Waals surface area contributed by atoms with Crippen LogP contribution >= 0.6 is 0 Å². The second-order valence-corrected chi connectivity index (χ2v) is 4.45. The van der Waals surface area contributed by atoms with E-state index in [4.69, 9.17) is 4.74 Å². The zero-order chi connectivity index (χ0) is 13.1. The van der Waals surface area contributed by atoms with E-state index in [2.05, 4.69) is 37.3 Å². The van der Waals surface area contributed by atoms with Crippen LogP contribution in [0.15, 0.2) is 42.5 Å². The van der Waals surface area contributed by atoms with Crippen LogP contribution in [0, 0.1) is 13.8 Å². The molecule has 0 fully saturated rings. The Labute approximate surface area is 107 Å². The first-order valence-corrected chi connectivity index (χ1v) is 5.87. The molecule has 0 aliphatic carbocycles. The smallest absolute Gasteiger partial charge is 0.337 e. The van der Waals surface area contributed by atoms with Crippen LogP contribution in [0.5, 0.6) is 0 Å². The molecule has 0 saturated carbocycles. The molecule has 2 aromatic rings. The van der Waals surface area contributed by atoms with Gasteiger partial charge in [0, 0.05) is 0 Å². The van der Waals surface area contributed by atoms with Crippen LogP contribution < -0.4 is 0 Å². The lowest BCUT2D eigenvalue weighted by atomic mass is 9.99. The van der Waals surface area contributed by atoms with E-state index in [1.165, 1.54) is 12.7 Å². The molecule has 2 aromatic carbocycles. The fraction of sp³-hybridized carbons (Fsp3) is 0.188. The number of aryl methyl sites for hydroxylation is 2. The average molecular weight is 240 g/mol. The highest BCUT2D eigenvalue weighted by Gasteiger charge is 2.08. The number of carbonyl (C=O) groups excluding carboxylic acids is 1. The minimum Gasteiger partial charge on any atom is -0.465 e. The van der Waals surface area contributed by atoms with E-state index in [0.717, 1.165) is 16.7 Å². The third-order valence-corrected chi connectivity index (χ3v) is 2.88. The van der Waals surface area contributed by atoms with Crippen molar-refractivity contribution in [2.24, 2.45) is 0 Å². The number of benzene rings is 2. The molecule has 0 aromatic heterocycles. The largest absolute Gasteiger partial charge is 0.465 e. The van der Waals surface area contributed by atoms with Crippen molar-refractivity contribution in [3.8, 4) is 11.1 Å². The summed E-state index contributed by atoms with van der Waals surface area (Å²) in [5.74, 6) is -0.299. The summed E-state index contributed by atoms with van der Waals surface area (Å²) in [6.07, 6.45) is 0. The maximum Gasteiger partial charge on any atom is 0.337 e. The molecule has 0 saturated heterocycles. The fourth-order valence-electron chi connectivity index (χ4n) is 1.93. The highest BCUT2D eigenvalue weighted by Crippen LogP contribution is 2.23. The van der Waals surface area contributed by atoms with Crippen LogP contribution in [0.2, 0.25) is 0 Å². The molecular weight excluding hydrogens is 224 g/mol. The Morgan fingerprint density at radius 1 is 0.889 bits per heavy atom. The average Bonchev–Trinajstić information content (AvgIpc) is 2.38. The zero-order valence-corrected chi connectivity index (χ0v) is 10.9. The second kappa shape index (κ2) is 5.05. The third-order valence-electron chi connectivity index (χ3n) is 2.88. The topological polar surface area (TPSA) is 26.3 Å². The van der Waals surface area contributed by atoms with Gasteiger partial charge in [-0.05, 0) is 42.7 Å². The van der Waals surface area contributed by atoms with Gasteiger partial charge in [0.15, 0.2) is 0 Å². The Bertz CT molecular complexity index is 568. The van der Waals surface area contributed by atoms with Crippen molar-refractivity contribution in [2.45, 2.75) is 13.8 Å². The number of hydrogen-bond acceptors (Lipinski definition) is 2. The zero-order valence-electron chi connectivity index (χ0n) is 10.9. The monoisotopic (exact) mass is 240 g/mol. The first-order chi connectivity index (χ1) is 8.60. The maximum absolute atomic E-state index is 11.6. The first kappa shape index (κ1) is 12.4. The number of carbonyl (C=O) groups is 1. The molecule has 0 heterocycles. The number of esters is 1. The highest BCUT2D eigenvalue weighted by molar-refractivity contribution is 5.91. The summed E-state index contributed by atoms with van der Waals surface area (Å²) in [5.41, 5.74) is 5.01. The van der Waals surface area contributed by atoms with Gasteiger partial charge in [-0.1, -0.05) is 35.9 Å². The Hall–Kier alpha value is -2.09. The van der Waals surface area contributed by atoms with E-state index in [0.29, 0.717) is 5.56 Å². The Morgan fingerprint density at radius 2 is 1.56 bits per heavy atom. The molecule has 0 bridgehead atoms. The quantitative estimate of drug-likeness (QED) is 0.747. The van der Waals surface area contributed by atoms with E-state index in [9.17, 15) is 4.79 Å². The van der Waals surface area contributed by atoms with Gasteiger partial charge in [-0.3, -0.25) is 0 Å². The van der Waals surface area contributed by atoms with E-state index in [-0.39, 0.29) is 5.97 Å². The predicted molar refractivity (Wildman–Crippen MR) is 72.7 cm³/mol. The van der Waals surface area contributed by atoms with Gasteiger partial charge < -0.3 is 4.74 Å². The van der Waals surface area contributed by atoms with Gasteiger partial charge in [-0.15, -0.1) is 0 Å². The van der Waals surface area contributed by atoms with Crippen LogP contribution in [0.1, 0.15) is 21.5 Å². The Morgan fingerprint density at radius 3 is 2.17 bits per heavy atom. The second-order valence-electron chi connectivity index (χ2n) is 4.45. The molecule has 0 aliphatic rings. The molecule has 0 aliphatic heterocycles. The summed E-state index contributed by atoms with van der Waals surface area (Å²) in [6.45, 7) is 4.03. The van der Waals surface area contributed by atoms with Crippen LogP contribution in [-0.4, -0.2) is 13.1 Å². The predicted octanol–water partition coefficient (Wildman–Crippen LogP) is 3.76. The van der Waals surface area contributed by atoms with Gasteiger partial charge in [0.2, 0.25) is 0 Å². The lowest BCUT2D eigenvalue weighted by molar-refractivity contribution is 0.0600. The summed E-state index contributed by atoms with van der Waals surface area (Å²) >= 11 is 0. The van der Waals surface area contributed by atoms with Gasteiger partial charge in [-0.25, -0.2) is 4.79 Å². The van der Waals surface area contributed by atoms with Crippen LogP contribution in [0.3, 0.4) is 0 Å². The summed E-state index contributed by atoms with van der Waals surface area (Å²) in [6, 6.07) is 14.0. The van der Waals surface area contributed by atoms with Gasteiger partial charge in [-0.2, -0.15) is 0 Å². The molecule has 2 rings (SSSR count). The summed E-state index contributed by atoms with van der Waals surface area (Å²) in [7, 11) is 1.40. The van der Waals surface area contributed by atoms with E-state index in [1.807, 2.05) is 19.1 Å². The van der Waals surface area contributed by atoms with Crippen molar-refractivity contribution in [1.82, 2.24) is 0 Å². The molecule has 2 nitrogen and oxygen atoms in total. The molecule has 92 valence electrons. The van der Waals surface area contributed by atoms with Gasteiger partial charge in [0.05, 0.1) is 12.7 Å². The maximum atomic E-state index is 11.6. The lowest BCUT2D eigenvalue weighted by Gasteiger charge is -2.07. The molecule has 0 N–H and O–H groups in total. The van der Waals surface area contributed by atoms with Crippen LogP contribution in [-0.2, 0) is 4.74 Å². The van der Waals surface area contributed by atoms with Gasteiger partial charge in [0.1, 0.15) is 0 Å². The Kier molecular flexibility index (Phi) is 3.47. The van der Waals surface area contributed by atoms with Crippen LogP contribution in [0.25, 0.3) is 11.1 Å². The van der Waals surface area contributed by atoms with Crippen molar-refractivity contribution in [3.05, 3.63) is 59.2 Å². The molecule has 0 radical (unpaired) electrons. The summed E-state index contributed by atoms with van der Waals surface area (Å²) < 4.78 is 4.76.